The fraction of sp³-hybridized carbons (Fsp3) is 0.632. The first-order chi connectivity index (χ1) is 11.0. The molecule has 1 aromatic carbocycles. The molecule has 0 radical (unpaired) electrons. The van der Waals surface area contributed by atoms with Crippen LogP contribution in [0.3, 0.4) is 0 Å². The Morgan fingerprint density at radius 2 is 1.92 bits per heavy atom. The van der Waals surface area contributed by atoms with Gasteiger partial charge in [0.25, 0.3) is 0 Å². The van der Waals surface area contributed by atoms with E-state index in [9.17, 15) is 0 Å². The molecule has 5 heteroatoms. The van der Waals surface area contributed by atoms with Gasteiger partial charge in [-0.05, 0) is 45.7 Å². The Kier molecular flexibility index (Phi) is 9.05. The highest BCUT2D eigenvalue weighted by molar-refractivity contribution is 14.0. The zero-order chi connectivity index (χ0) is 16.7. The van der Waals surface area contributed by atoms with Crippen LogP contribution in [0.4, 0.5) is 0 Å². The van der Waals surface area contributed by atoms with Crippen LogP contribution in [0.25, 0.3) is 0 Å². The van der Waals surface area contributed by atoms with Gasteiger partial charge in [0.2, 0.25) is 0 Å². The maximum absolute atomic E-state index is 4.34. The molecule has 2 N–H and O–H groups in total. The van der Waals surface area contributed by atoms with Crippen molar-refractivity contribution in [2.75, 3.05) is 20.1 Å². The third kappa shape index (κ3) is 7.38. The number of nitrogens with one attached hydrogen (secondary N) is 2. The molecule has 1 heterocycles. The summed E-state index contributed by atoms with van der Waals surface area (Å²) in [5.74, 6) is 0.891. The lowest BCUT2D eigenvalue weighted by molar-refractivity contribution is 0.141. The third-order valence-corrected chi connectivity index (χ3v) is 4.20. The Hall–Kier alpha value is -0.820. The molecule has 1 unspecified atom stereocenters. The number of hydrogen-bond acceptors (Lipinski definition) is 2. The highest BCUT2D eigenvalue weighted by Gasteiger charge is 2.23. The predicted molar refractivity (Wildman–Crippen MR) is 114 cm³/mol. The average molecular weight is 444 g/mol. The smallest absolute Gasteiger partial charge is 0.191 e. The van der Waals surface area contributed by atoms with Crippen molar-refractivity contribution in [1.29, 1.82) is 0 Å². The molecule has 0 bridgehead atoms. The summed E-state index contributed by atoms with van der Waals surface area (Å²) in [5.41, 5.74) is 1.43. The van der Waals surface area contributed by atoms with E-state index in [1.807, 2.05) is 7.05 Å². The van der Waals surface area contributed by atoms with E-state index in [2.05, 4.69) is 71.6 Å². The summed E-state index contributed by atoms with van der Waals surface area (Å²) in [6.45, 7) is 9.64. The van der Waals surface area contributed by atoms with E-state index >= 15 is 0 Å². The van der Waals surface area contributed by atoms with Crippen LogP contribution in [0.5, 0.6) is 0 Å². The second-order valence-corrected chi connectivity index (χ2v) is 7.43. The van der Waals surface area contributed by atoms with Gasteiger partial charge in [0.1, 0.15) is 0 Å². The molecule has 1 atom stereocenters. The summed E-state index contributed by atoms with van der Waals surface area (Å²) >= 11 is 0. The van der Waals surface area contributed by atoms with E-state index in [1.165, 1.54) is 31.4 Å². The maximum Gasteiger partial charge on any atom is 0.191 e. The second kappa shape index (κ2) is 10.2. The number of guanidine groups is 1. The Bertz CT molecular complexity index is 496. The summed E-state index contributed by atoms with van der Waals surface area (Å²) < 4.78 is 0. The molecule has 1 saturated heterocycles. The van der Waals surface area contributed by atoms with Gasteiger partial charge >= 0.3 is 0 Å². The van der Waals surface area contributed by atoms with E-state index < -0.39 is 0 Å². The first kappa shape index (κ1) is 21.2. The number of halogens is 1. The van der Waals surface area contributed by atoms with E-state index in [1.54, 1.807) is 0 Å². The molecule has 24 heavy (non-hydrogen) atoms. The van der Waals surface area contributed by atoms with Crippen molar-refractivity contribution in [3.8, 4) is 0 Å². The Morgan fingerprint density at radius 3 is 2.54 bits per heavy atom. The van der Waals surface area contributed by atoms with Gasteiger partial charge in [0.15, 0.2) is 5.96 Å². The molecule has 0 amide bonds. The van der Waals surface area contributed by atoms with Crippen LogP contribution in [-0.4, -0.2) is 42.6 Å². The number of nitrogens with zero attached hydrogens (tertiary/aromatic N) is 2. The highest BCUT2D eigenvalue weighted by Crippen LogP contribution is 2.19. The topological polar surface area (TPSA) is 39.7 Å². The van der Waals surface area contributed by atoms with Gasteiger partial charge in [-0.15, -0.1) is 24.0 Å². The standard InChI is InChI=1S/C19H32N4.HI/c1-19(2,3)22-18(20-4)21-14-17-12-8-9-13-23(17)15-16-10-6-5-7-11-16;/h5-7,10-11,17H,8-9,12-15H2,1-4H3,(H2,20,21,22);1H. The van der Waals surface area contributed by atoms with Crippen LogP contribution in [-0.2, 0) is 6.54 Å². The number of rotatable bonds is 4. The normalized spacial score (nSPS) is 19.5. The minimum Gasteiger partial charge on any atom is -0.355 e. The average Bonchev–Trinajstić information content (AvgIpc) is 2.52. The maximum atomic E-state index is 4.34. The van der Waals surface area contributed by atoms with Gasteiger partial charge < -0.3 is 10.6 Å². The van der Waals surface area contributed by atoms with Crippen molar-refractivity contribution < 1.29 is 0 Å². The van der Waals surface area contributed by atoms with Gasteiger partial charge in [0, 0.05) is 31.7 Å². The Labute approximate surface area is 164 Å². The minimum atomic E-state index is 0. The molecule has 0 aliphatic carbocycles. The molecule has 1 aliphatic heterocycles. The molecule has 4 nitrogen and oxygen atoms in total. The molecular weight excluding hydrogens is 411 g/mol. The molecule has 1 aromatic rings. The largest absolute Gasteiger partial charge is 0.355 e. The first-order valence-corrected chi connectivity index (χ1v) is 8.75. The molecule has 1 aliphatic rings. The third-order valence-electron chi connectivity index (χ3n) is 4.20. The lowest BCUT2D eigenvalue weighted by Crippen LogP contribution is -2.52. The zero-order valence-corrected chi connectivity index (χ0v) is 17.8. The summed E-state index contributed by atoms with van der Waals surface area (Å²) in [6.07, 6.45) is 3.88. The van der Waals surface area contributed by atoms with Gasteiger partial charge in [-0.1, -0.05) is 36.8 Å². The first-order valence-electron chi connectivity index (χ1n) is 8.75. The fourth-order valence-corrected chi connectivity index (χ4v) is 3.07. The van der Waals surface area contributed by atoms with Crippen LogP contribution in [0, 0.1) is 0 Å². The molecule has 136 valence electrons. The Morgan fingerprint density at radius 1 is 1.21 bits per heavy atom. The number of piperidine rings is 1. The lowest BCUT2D eigenvalue weighted by atomic mass is 10.0. The number of hydrogen-bond donors (Lipinski definition) is 2. The molecule has 0 aromatic heterocycles. The van der Waals surface area contributed by atoms with Crippen molar-refractivity contribution in [2.24, 2.45) is 4.99 Å². The van der Waals surface area contributed by atoms with Crippen LogP contribution in [0.2, 0.25) is 0 Å². The van der Waals surface area contributed by atoms with Crippen LogP contribution in [0.1, 0.15) is 45.6 Å². The molecule has 0 spiro atoms. The lowest BCUT2D eigenvalue weighted by Gasteiger charge is -2.36. The fourth-order valence-electron chi connectivity index (χ4n) is 3.07. The van der Waals surface area contributed by atoms with Crippen molar-refractivity contribution >= 4 is 29.9 Å². The second-order valence-electron chi connectivity index (χ2n) is 7.43. The van der Waals surface area contributed by atoms with Crippen molar-refractivity contribution in [1.82, 2.24) is 15.5 Å². The minimum absolute atomic E-state index is 0. The van der Waals surface area contributed by atoms with Crippen molar-refractivity contribution in [3.63, 3.8) is 0 Å². The quantitative estimate of drug-likeness (QED) is 0.424. The van der Waals surface area contributed by atoms with Gasteiger partial charge in [-0.25, -0.2) is 0 Å². The van der Waals surface area contributed by atoms with E-state index in [4.69, 9.17) is 0 Å². The van der Waals surface area contributed by atoms with Gasteiger partial charge in [-0.2, -0.15) is 0 Å². The predicted octanol–water partition coefficient (Wildman–Crippen LogP) is 3.62. The van der Waals surface area contributed by atoms with E-state index in [-0.39, 0.29) is 29.5 Å². The van der Waals surface area contributed by atoms with Crippen molar-refractivity contribution in [3.05, 3.63) is 35.9 Å². The number of aliphatic imine (C=N–C) groups is 1. The zero-order valence-electron chi connectivity index (χ0n) is 15.5. The van der Waals surface area contributed by atoms with Crippen LogP contribution >= 0.6 is 24.0 Å². The number of likely N-dealkylation sites (tertiary alicyclic amines) is 1. The summed E-state index contributed by atoms with van der Waals surface area (Å²) in [4.78, 5) is 6.95. The van der Waals surface area contributed by atoms with E-state index in [0.717, 1.165) is 19.0 Å². The Balaban J connectivity index is 0.00000288. The monoisotopic (exact) mass is 444 g/mol. The van der Waals surface area contributed by atoms with E-state index in [0.29, 0.717) is 6.04 Å². The molecule has 2 rings (SSSR count). The summed E-state index contributed by atoms with van der Waals surface area (Å²) in [5, 5.41) is 6.94. The summed E-state index contributed by atoms with van der Waals surface area (Å²) in [7, 11) is 1.84. The van der Waals surface area contributed by atoms with Crippen LogP contribution in [0.15, 0.2) is 35.3 Å². The molecule has 0 saturated carbocycles. The van der Waals surface area contributed by atoms with Gasteiger partial charge in [-0.3, -0.25) is 9.89 Å². The molecular formula is C19H33IN4. The van der Waals surface area contributed by atoms with Crippen molar-refractivity contribution in [2.45, 2.75) is 58.2 Å². The summed E-state index contributed by atoms with van der Waals surface area (Å²) in [6, 6.07) is 11.4. The number of benzene rings is 1. The highest BCUT2D eigenvalue weighted by atomic mass is 127. The van der Waals surface area contributed by atoms with Crippen LogP contribution < -0.4 is 10.6 Å². The van der Waals surface area contributed by atoms with Gasteiger partial charge in [0.05, 0.1) is 0 Å². The molecule has 1 fully saturated rings. The SMILES string of the molecule is CN=C(NCC1CCCCN1Cc1ccccc1)NC(C)(C)C.I.